The Morgan fingerprint density at radius 2 is 1.84 bits per heavy atom. The minimum atomic E-state index is -3.70. The molecule has 1 aromatic carbocycles. The molecule has 1 aromatic rings. The molecule has 0 saturated carbocycles. The number of hydrogen-bond donors (Lipinski definition) is 1. The molecule has 2 heterocycles. The minimum Gasteiger partial charge on any atom is -0.492 e. The lowest BCUT2D eigenvalue weighted by Crippen LogP contribution is -2.28. The molecular formula is C16H24N2O5S2. The third-order valence-corrected chi connectivity index (χ3v) is 8.40. The van der Waals surface area contributed by atoms with Gasteiger partial charge in [-0.2, -0.15) is 0 Å². The Balaban J connectivity index is 1.51. The van der Waals surface area contributed by atoms with Crippen LogP contribution in [0.3, 0.4) is 0 Å². The number of ether oxygens (including phenoxy) is 1. The van der Waals surface area contributed by atoms with Gasteiger partial charge in [-0.3, -0.25) is 9.62 Å². The largest absolute Gasteiger partial charge is 0.492 e. The first-order valence-electron chi connectivity index (χ1n) is 8.51. The number of rotatable bonds is 7. The van der Waals surface area contributed by atoms with Gasteiger partial charge in [0.15, 0.2) is 9.84 Å². The van der Waals surface area contributed by atoms with Crippen molar-refractivity contribution in [3.63, 3.8) is 0 Å². The van der Waals surface area contributed by atoms with Gasteiger partial charge in [0.1, 0.15) is 12.4 Å². The van der Waals surface area contributed by atoms with Gasteiger partial charge in [0, 0.05) is 12.2 Å². The minimum absolute atomic E-state index is 0.0671. The number of sulfonamides is 1. The molecule has 2 saturated heterocycles. The van der Waals surface area contributed by atoms with Gasteiger partial charge in [-0.25, -0.2) is 16.8 Å². The highest BCUT2D eigenvalue weighted by Crippen LogP contribution is 2.23. The average molecular weight is 389 g/mol. The number of likely N-dealkylation sites (tertiary alicyclic amines) is 1. The molecule has 1 unspecified atom stereocenters. The molecule has 0 bridgehead atoms. The summed E-state index contributed by atoms with van der Waals surface area (Å²) in [6.45, 7) is 3.75. The molecule has 2 aliphatic heterocycles. The quantitative estimate of drug-likeness (QED) is 0.752. The standard InChI is InChI=1S/C16H24N2O5S2/c19-24(20)12-7-16(13-24)25(21,22)17-14-3-5-15(6-4-14)23-11-10-18-8-1-2-9-18/h3-6,16-17H,1-2,7-13H2. The van der Waals surface area contributed by atoms with E-state index in [0.717, 1.165) is 19.6 Å². The summed E-state index contributed by atoms with van der Waals surface area (Å²) >= 11 is 0. The van der Waals surface area contributed by atoms with E-state index < -0.39 is 25.1 Å². The number of benzene rings is 1. The third kappa shape index (κ3) is 5.08. The Morgan fingerprint density at radius 1 is 1.16 bits per heavy atom. The summed E-state index contributed by atoms with van der Waals surface area (Å²) in [7, 11) is -6.94. The van der Waals surface area contributed by atoms with Gasteiger partial charge in [0.2, 0.25) is 10.0 Å². The first-order valence-corrected chi connectivity index (χ1v) is 11.9. The molecule has 25 heavy (non-hydrogen) atoms. The van der Waals surface area contributed by atoms with E-state index in [4.69, 9.17) is 4.74 Å². The highest BCUT2D eigenvalue weighted by atomic mass is 32.2. The van der Waals surface area contributed by atoms with Crippen LogP contribution in [0, 0.1) is 0 Å². The van der Waals surface area contributed by atoms with Crippen molar-refractivity contribution in [2.45, 2.75) is 24.5 Å². The van der Waals surface area contributed by atoms with Gasteiger partial charge in [-0.15, -0.1) is 0 Å². The van der Waals surface area contributed by atoms with E-state index >= 15 is 0 Å². The van der Waals surface area contributed by atoms with E-state index in [1.54, 1.807) is 24.3 Å². The molecule has 3 rings (SSSR count). The van der Waals surface area contributed by atoms with E-state index in [0.29, 0.717) is 18.0 Å². The fourth-order valence-electron chi connectivity index (χ4n) is 3.17. The topological polar surface area (TPSA) is 92.8 Å². The van der Waals surface area contributed by atoms with Gasteiger partial charge in [0.25, 0.3) is 0 Å². The van der Waals surface area contributed by atoms with Crippen LogP contribution < -0.4 is 9.46 Å². The van der Waals surface area contributed by atoms with Crippen molar-refractivity contribution in [1.29, 1.82) is 0 Å². The van der Waals surface area contributed by atoms with Crippen molar-refractivity contribution in [3.8, 4) is 5.75 Å². The zero-order chi connectivity index (χ0) is 17.9. The highest BCUT2D eigenvalue weighted by molar-refractivity contribution is 7.97. The Bertz CT molecular complexity index is 784. The van der Waals surface area contributed by atoms with E-state index in [1.165, 1.54) is 12.8 Å². The Kier molecular flexibility index (Phi) is 5.55. The van der Waals surface area contributed by atoms with Crippen LogP contribution in [0.25, 0.3) is 0 Å². The number of sulfone groups is 1. The van der Waals surface area contributed by atoms with Crippen molar-refractivity contribution in [2.75, 3.05) is 42.5 Å². The maximum Gasteiger partial charge on any atom is 0.236 e. The SMILES string of the molecule is O=S1(=O)CCC(S(=O)(=O)Nc2ccc(OCCN3CCCC3)cc2)C1. The molecule has 2 fully saturated rings. The molecule has 1 N–H and O–H groups in total. The predicted octanol–water partition coefficient (Wildman–Crippen LogP) is 1.09. The van der Waals surface area contributed by atoms with E-state index in [1.807, 2.05) is 0 Å². The number of hydrogen-bond acceptors (Lipinski definition) is 6. The summed E-state index contributed by atoms with van der Waals surface area (Å²) in [5, 5.41) is -0.881. The average Bonchev–Trinajstić information content (AvgIpc) is 3.18. The van der Waals surface area contributed by atoms with Crippen molar-refractivity contribution in [3.05, 3.63) is 24.3 Å². The van der Waals surface area contributed by atoms with Gasteiger partial charge in [-0.1, -0.05) is 0 Å². The zero-order valence-corrected chi connectivity index (χ0v) is 15.7. The van der Waals surface area contributed by atoms with Crippen LogP contribution in [0.5, 0.6) is 5.75 Å². The summed E-state index contributed by atoms with van der Waals surface area (Å²) in [5.74, 6) is 0.313. The zero-order valence-electron chi connectivity index (χ0n) is 14.1. The predicted molar refractivity (Wildman–Crippen MR) is 97.2 cm³/mol. The molecule has 9 heteroatoms. The lowest BCUT2D eigenvalue weighted by atomic mass is 10.3. The third-order valence-electron chi connectivity index (χ3n) is 4.62. The van der Waals surface area contributed by atoms with Gasteiger partial charge in [0.05, 0.1) is 16.8 Å². The van der Waals surface area contributed by atoms with Crippen molar-refractivity contribution in [2.24, 2.45) is 0 Å². The second-order valence-corrected chi connectivity index (χ2v) is 10.8. The monoisotopic (exact) mass is 388 g/mol. The van der Waals surface area contributed by atoms with Crippen LogP contribution in [0.4, 0.5) is 5.69 Å². The van der Waals surface area contributed by atoms with Crippen LogP contribution in [0.15, 0.2) is 24.3 Å². The van der Waals surface area contributed by atoms with Gasteiger partial charge < -0.3 is 4.74 Å². The summed E-state index contributed by atoms with van der Waals surface area (Å²) in [5.41, 5.74) is 0.413. The maximum atomic E-state index is 12.3. The molecule has 140 valence electrons. The van der Waals surface area contributed by atoms with E-state index in [2.05, 4.69) is 9.62 Å². The lowest BCUT2D eigenvalue weighted by Gasteiger charge is -2.15. The van der Waals surface area contributed by atoms with Crippen LogP contribution in [0.2, 0.25) is 0 Å². The van der Waals surface area contributed by atoms with Crippen molar-refractivity contribution in [1.82, 2.24) is 4.90 Å². The Hall–Kier alpha value is -1.32. The molecule has 1 atom stereocenters. The van der Waals surface area contributed by atoms with Gasteiger partial charge >= 0.3 is 0 Å². The van der Waals surface area contributed by atoms with Crippen LogP contribution in [-0.2, 0) is 19.9 Å². The molecule has 2 aliphatic rings. The van der Waals surface area contributed by atoms with Crippen LogP contribution in [0.1, 0.15) is 19.3 Å². The summed E-state index contributed by atoms with van der Waals surface area (Å²) in [6.07, 6.45) is 2.64. The second kappa shape index (κ2) is 7.51. The second-order valence-electron chi connectivity index (χ2n) is 6.59. The van der Waals surface area contributed by atoms with Gasteiger partial charge in [-0.05, 0) is 56.6 Å². The molecule has 0 aromatic heterocycles. The maximum absolute atomic E-state index is 12.3. The van der Waals surface area contributed by atoms with Crippen LogP contribution in [-0.4, -0.2) is 64.7 Å². The molecule has 0 aliphatic carbocycles. The highest BCUT2D eigenvalue weighted by Gasteiger charge is 2.37. The molecule has 0 amide bonds. The van der Waals surface area contributed by atoms with E-state index in [9.17, 15) is 16.8 Å². The normalized spacial score (nSPS) is 23.6. The van der Waals surface area contributed by atoms with Crippen LogP contribution >= 0.6 is 0 Å². The first-order chi connectivity index (χ1) is 11.8. The fraction of sp³-hybridized carbons (Fsp3) is 0.625. The Morgan fingerprint density at radius 3 is 2.44 bits per heavy atom. The van der Waals surface area contributed by atoms with E-state index in [-0.39, 0.29) is 17.9 Å². The summed E-state index contributed by atoms with van der Waals surface area (Å²) < 4.78 is 55.7. The molecule has 0 radical (unpaired) electrons. The number of anilines is 1. The smallest absolute Gasteiger partial charge is 0.236 e. The lowest BCUT2D eigenvalue weighted by molar-refractivity contribution is 0.238. The first kappa shape index (κ1) is 18.5. The number of nitrogens with zero attached hydrogens (tertiary/aromatic N) is 1. The fourth-order valence-corrected chi connectivity index (χ4v) is 7.26. The molecular weight excluding hydrogens is 364 g/mol. The summed E-state index contributed by atoms with van der Waals surface area (Å²) in [4.78, 5) is 2.36. The Labute approximate surface area is 149 Å². The summed E-state index contributed by atoms with van der Waals surface area (Å²) in [6, 6.07) is 6.69. The van der Waals surface area contributed by atoms with Crippen molar-refractivity contribution < 1.29 is 21.6 Å². The van der Waals surface area contributed by atoms with Crippen molar-refractivity contribution >= 4 is 25.5 Å². The number of nitrogens with one attached hydrogen (secondary N) is 1. The molecule has 7 nitrogen and oxygen atoms in total. The molecule has 0 spiro atoms.